The Morgan fingerprint density at radius 1 is 1.21 bits per heavy atom. The number of aldehydes is 1. The van der Waals surface area contributed by atoms with Crippen LogP contribution in [0.5, 0.6) is 0 Å². The first-order valence-electron chi connectivity index (χ1n) is 6.06. The van der Waals surface area contributed by atoms with Crippen LogP contribution in [0.2, 0.25) is 0 Å². The van der Waals surface area contributed by atoms with Crippen LogP contribution in [0.1, 0.15) is 23.0 Å². The molecule has 0 bridgehead atoms. The highest BCUT2D eigenvalue weighted by Gasteiger charge is 2.21. The molecular weight excluding hydrogens is 304 g/mol. The van der Waals surface area contributed by atoms with Crippen molar-refractivity contribution < 1.29 is 4.79 Å². The van der Waals surface area contributed by atoms with E-state index in [2.05, 4.69) is 25.8 Å². The third-order valence-electron chi connectivity index (χ3n) is 3.33. The number of hydrogen-bond donors (Lipinski definition) is 1. The number of carbonyl (C=O) groups excluding carboxylic acids is 1. The number of benzene rings is 1. The van der Waals surface area contributed by atoms with Gasteiger partial charge in [-0.1, -0.05) is 28.1 Å². The summed E-state index contributed by atoms with van der Waals surface area (Å²) in [4.78, 5) is 11.3. The van der Waals surface area contributed by atoms with Crippen molar-refractivity contribution in [1.29, 1.82) is 0 Å². The maximum atomic E-state index is 11.3. The lowest BCUT2D eigenvalue weighted by Gasteiger charge is -2.24. The fourth-order valence-electron chi connectivity index (χ4n) is 2.30. The van der Waals surface area contributed by atoms with Gasteiger partial charge in [-0.2, -0.15) is 0 Å². The molecule has 19 heavy (non-hydrogen) atoms. The van der Waals surface area contributed by atoms with E-state index in [-0.39, 0.29) is 6.04 Å². The maximum Gasteiger partial charge on any atom is 0.148 e. The molecule has 0 radical (unpaired) electrons. The van der Waals surface area contributed by atoms with Crippen LogP contribution in [0.25, 0.3) is 11.9 Å². The van der Waals surface area contributed by atoms with Gasteiger partial charge in [0.2, 0.25) is 0 Å². The minimum Gasteiger partial charge on any atom is -0.369 e. The molecule has 0 saturated carbocycles. The Labute approximate surface area is 120 Å². The average Bonchev–Trinajstić information content (AvgIpc) is 2.80. The summed E-state index contributed by atoms with van der Waals surface area (Å²) < 4.78 is 3.10. The van der Waals surface area contributed by atoms with Crippen LogP contribution in [0.15, 0.2) is 40.9 Å². The number of rotatable bonds is 2. The monoisotopic (exact) mass is 316 g/mol. The van der Waals surface area contributed by atoms with Crippen LogP contribution >= 0.6 is 15.9 Å². The van der Waals surface area contributed by atoms with Crippen LogP contribution in [0.3, 0.4) is 0 Å². The van der Waals surface area contributed by atoms with E-state index in [9.17, 15) is 4.79 Å². The lowest BCUT2D eigenvalue weighted by molar-refractivity contribution is -0.109. The van der Waals surface area contributed by atoms with Gasteiger partial charge in [0, 0.05) is 16.4 Å². The molecule has 1 aliphatic heterocycles. The summed E-state index contributed by atoms with van der Waals surface area (Å²) >= 11 is 3.42. The molecular formula is C15H13BrN2O. The fourth-order valence-corrected chi connectivity index (χ4v) is 2.56. The zero-order chi connectivity index (χ0) is 13.4. The molecule has 1 aliphatic rings. The molecule has 4 heteroatoms. The van der Waals surface area contributed by atoms with Gasteiger partial charge in [0.15, 0.2) is 0 Å². The zero-order valence-electron chi connectivity index (χ0n) is 10.4. The molecule has 96 valence electrons. The number of hydrogen-bond acceptors (Lipinski definition) is 2. The number of nitrogens with one attached hydrogen (secondary N) is 1. The Hall–Kier alpha value is -1.81. The second-order valence-electron chi connectivity index (χ2n) is 4.58. The van der Waals surface area contributed by atoms with Crippen molar-refractivity contribution in [3.05, 3.63) is 57.8 Å². The summed E-state index contributed by atoms with van der Waals surface area (Å²) in [5.41, 5.74) is 4.12. The van der Waals surface area contributed by atoms with E-state index < -0.39 is 0 Å². The van der Waals surface area contributed by atoms with E-state index in [0.717, 1.165) is 33.4 Å². The average molecular weight is 317 g/mol. The predicted octanol–water partition coefficient (Wildman–Crippen LogP) is 3.36. The summed E-state index contributed by atoms with van der Waals surface area (Å²) in [7, 11) is 0. The van der Waals surface area contributed by atoms with E-state index >= 15 is 0 Å². The Balaban J connectivity index is 2.09. The first kappa shape index (κ1) is 12.2. The molecule has 0 spiro atoms. The Bertz CT molecular complexity index is 655. The molecule has 2 aromatic rings. The first-order valence-corrected chi connectivity index (χ1v) is 6.85. The number of aryl methyl sites for hydroxylation is 1. The number of fused-ring (bicyclic) bond motifs is 1. The van der Waals surface area contributed by atoms with E-state index in [1.165, 1.54) is 0 Å². The lowest BCUT2D eigenvalue weighted by Crippen LogP contribution is -2.27. The van der Waals surface area contributed by atoms with Crippen molar-refractivity contribution >= 4 is 34.1 Å². The highest BCUT2D eigenvalue weighted by molar-refractivity contribution is 9.10. The second kappa shape index (κ2) is 4.70. The minimum atomic E-state index is -0.294. The van der Waals surface area contributed by atoms with Crippen molar-refractivity contribution in [2.75, 3.05) is 0 Å². The molecule has 1 aromatic heterocycles. The highest BCUT2D eigenvalue weighted by atomic mass is 79.9. The Kier molecular flexibility index (Phi) is 3.03. The summed E-state index contributed by atoms with van der Waals surface area (Å²) in [5.74, 6) is 0. The molecule has 3 nitrogen and oxygen atoms in total. The van der Waals surface area contributed by atoms with E-state index in [1.807, 2.05) is 49.5 Å². The van der Waals surface area contributed by atoms with Gasteiger partial charge in [-0.15, -0.1) is 0 Å². The molecule has 1 N–H and O–H groups in total. The summed E-state index contributed by atoms with van der Waals surface area (Å²) in [6.45, 7) is 2.03. The Morgan fingerprint density at radius 2 is 1.95 bits per heavy atom. The molecule has 3 rings (SSSR count). The van der Waals surface area contributed by atoms with Gasteiger partial charge in [0.1, 0.15) is 12.3 Å². The van der Waals surface area contributed by atoms with Crippen LogP contribution in [-0.2, 0) is 4.79 Å². The van der Waals surface area contributed by atoms with Gasteiger partial charge in [-0.05, 0) is 36.8 Å². The normalized spacial score (nSPS) is 17.4. The fraction of sp³-hybridized carbons (Fsp3) is 0.133. The summed E-state index contributed by atoms with van der Waals surface area (Å²) in [5, 5.41) is 3.27. The van der Waals surface area contributed by atoms with Crippen LogP contribution in [0.4, 0.5) is 0 Å². The molecule has 0 saturated heterocycles. The van der Waals surface area contributed by atoms with Gasteiger partial charge in [-0.3, -0.25) is 0 Å². The number of nitrogens with zero attached hydrogens (tertiary/aromatic N) is 1. The van der Waals surface area contributed by atoms with Crippen molar-refractivity contribution in [3.63, 3.8) is 0 Å². The smallest absolute Gasteiger partial charge is 0.148 e. The van der Waals surface area contributed by atoms with Gasteiger partial charge in [-0.25, -0.2) is 0 Å². The predicted molar refractivity (Wildman–Crippen MR) is 79.4 cm³/mol. The minimum absolute atomic E-state index is 0.294. The Morgan fingerprint density at radius 3 is 2.63 bits per heavy atom. The highest BCUT2D eigenvalue weighted by Crippen LogP contribution is 2.27. The van der Waals surface area contributed by atoms with E-state index in [4.69, 9.17) is 0 Å². The van der Waals surface area contributed by atoms with Crippen LogP contribution in [0, 0.1) is 6.92 Å². The third kappa shape index (κ3) is 2.12. The largest absolute Gasteiger partial charge is 0.369 e. The van der Waals surface area contributed by atoms with Gasteiger partial charge in [0.05, 0.1) is 11.4 Å². The molecule has 0 fully saturated rings. The van der Waals surface area contributed by atoms with Crippen LogP contribution in [-0.4, -0.2) is 10.9 Å². The molecule has 0 amide bonds. The summed E-state index contributed by atoms with van der Waals surface area (Å²) in [6, 6.07) is 11.7. The molecule has 1 unspecified atom stereocenters. The van der Waals surface area contributed by atoms with Crippen molar-refractivity contribution in [3.8, 4) is 0 Å². The first-order chi connectivity index (χ1) is 9.19. The van der Waals surface area contributed by atoms with Gasteiger partial charge < -0.3 is 14.7 Å². The zero-order valence-corrected chi connectivity index (χ0v) is 12.0. The SMILES string of the molecule is Cc1ccc2n1C=C(c1ccc(Br)cc1)NC2C=O. The van der Waals surface area contributed by atoms with Crippen molar-refractivity contribution in [2.45, 2.75) is 13.0 Å². The van der Waals surface area contributed by atoms with Gasteiger partial charge >= 0.3 is 0 Å². The topological polar surface area (TPSA) is 34.0 Å². The maximum absolute atomic E-state index is 11.3. The third-order valence-corrected chi connectivity index (χ3v) is 3.86. The molecule has 1 aromatic carbocycles. The lowest BCUT2D eigenvalue weighted by atomic mass is 10.1. The molecule has 1 atom stereocenters. The second-order valence-corrected chi connectivity index (χ2v) is 5.49. The van der Waals surface area contributed by atoms with E-state index in [1.54, 1.807) is 0 Å². The quantitative estimate of drug-likeness (QED) is 0.862. The van der Waals surface area contributed by atoms with Crippen molar-refractivity contribution in [2.24, 2.45) is 0 Å². The number of carbonyl (C=O) groups is 1. The number of halogens is 1. The molecule has 2 heterocycles. The standard InChI is InChI=1S/C15H13BrN2O/c1-10-2-7-15-14(9-19)17-13(8-18(10)15)11-3-5-12(16)6-4-11/h2-9,14,17H,1H3. The molecule has 0 aliphatic carbocycles. The van der Waals surface area contributed by atoms with Crippen LogP contribution < -0.4 is 5.32 Å². The van der Waals surface area contributed by atoms with Crippen molar-refractivity contribution in [1.82, 2.24) is 9.88 Å². The van der Waals surface area contributed by atoms with Gasteiger partial charge in [0.25, 0.3) is 0 Å². The number of aromatic nitrogens is 1. The summed E-state index contributed by atoms with van der Waals surface area (Å²) in [6.07, 6.45) is 2.98. The van der Waals surface area contributed by atoms with E-state index in [0.29, 0.717) is 0 Å².